The van der Waals surface area contributed by atoms with E-state index in [1.807, 2.05) is 0 Å². The molecule has 0 aliphatic rings. The van der Waals surface area contributed by atoms with Gasteiger partial charge in [-0.2, -0.15) is 8.42 Å². The van der Waals surface area contributed by atoms with Crippen LogP contribution in [-0.2, 0) is 10.1 Å². The summed E-state index contributed by atoms with van der Waals surface area (Å²) in [5, 5.41) is 0. The highest BCUT2D eigenvalue weighted by Gasteiger charge is 1.93. The molecular weight excluding hydrogens is 188 g/mol. The van der Waals surface area contributed by atoms with Gasteiger partial charge in [0.2, 0.25) is 0 Å². The van der Waals surface area contributed by atoms with Crippen LogP contribution >= 0.6 is 0 Å². The molecule has 0 aromatic carbocycles. The quantitative estimate of drug-likeness (QED) is 0.715. The Morgan fingerprint density at radius 1 is 0.923 bits per heavy atom. The van der Waals surface area contributed by atoms with Crippen LogP contribution in [0.4, 0.5) is 0 Å². The topological polar surface area (TPSA) is 54.4 Å². The Labute approximate surface area is 83.3 Å². The van der Waals surface area contributed by atoms with E-state index in [9.17, 15) is 8.42 Å². The highest BCUT2D eigenvalue weighted by atomic mass is 32.2. The van der Waals surface area contributed by atoms with Gasteiger partial charge in [-0.25, -0.2) is 0 Å². The van der Waals surface area contributed by atoms with Crippen molar-refractivity contribution in [1.82, 2.24) is 0 Å². The first-order valence-electron chi connectivity index (χ1n) is 4.84. The summed E-state index contributed by atoms with van der Waals surface area (Å²) < 4.78 is 26.9. The Balaban J connectivity index is -0.000000125. The summed E-state index contributed by atoms with van der Waals surface area (Å²) in [5.41, 5.74) is 0. The molecule has 0 rings (SSSR count). The molecule has 0 aromatic rings. The van der Waals surface area contributed by atoms with Crippen LogP contribution in [-0.4, -0.2) is 18.7 Å². The maximum absolute atomic E-state index is 9.56. The van der Waals surface area contributed by atoms with Gasteiger partial charge < -0.3 is 0 Å². The minimum Gasteiger partial charge on any atom is -0.286 e. The lowest BCUT2D eigenvalue weighted by atomic mass is 10.4. The van der Waals surface area contributed by atoms with Gasteiger partial charge in [-0.15, -0.1) is 0 Å². The molecule has 0 amide bonds. The fourth-order valence-corrected chi connectivity index (χ4v) is 0. The molecule has 0 unspecified atom stereocenters. The summed E-state index contributed by atoms with van der Waals surface area (Å²) in [6.07, 6.45) is 3.89. The summed E-state index contributed by atoms with van der Waals surface area (Å²) in [6, 6.07) is 0. The van der Waals surface area contributed by atoms with E-state index < -0.39 is 10.1 Å². The van der Waals surface area contributed by atoms with E-state index in [1.165, 1.54) is 26.2 Å². The molecule has 0 bridgehead atoms. The van der Waals surface area contributed by atoms with E-state index in [2.05, 4.69) is 27.7 Å². The second-order valence-electron chi connectivity index (χ2n) is 2.58. The normalized spacial score (nSPS) is 9.08. The lowest BCUT2D eigenvalue weighted by Crippen LogP contribution is -1.97. The molecule has 0 aliphatic carbocycles. The molecule has 0 spiro atoms. The first-order valence-corrected chi connectivity index (χ1v) is 6.45. The van der Waals surface area contributed by atoms with E-state index >= 15 is 0 Å². The third kappa shape index (κ3) is 76.5. The third-order valence-corrected chi connectivity index (χ3v) is 1.59. The molecule has 0 fully saturated rings. The van der Waals surface area contributed by atoms with Gasteiger partial charge in [-0.1, -0.05) is 47.0 Å². The van der Waals surface area contributed by atoms with Crippen LogP contribution in [0.5, 0.6) is 0 Å². The highest BCUT2D eigenvalue weighted by molar-refractivity contribution is 7.85. The van der Waals surface area contributed by atoms with Crippen molar-refractivity contribution in [3.8, 4) is 0 Å². The van der Waals surface area contributed by atoms with Crippen LogP contribution in [0.25, 0.3) is 0 Å². The Kier molecular flexibility index (Phi) is 20.7. The standard InChI is InChI=1S/C4H10.C3H8.C2H6O3S/c1-3-4-2;1-3-2;1-2-6(3,4)5/h3-4H2,1-2H3;3H2,1-2H3;2H2,1H3,(H,3,4,5). The van der Waals surface area contributed by atoms with E-state index in [-0.39, 0.29) is 5.75 Å². The molecule has 0 saturated carbocycles. The largest absolute Gasteiger partial charge is 0.286 e. The zero-order chi connectivity index (χ0) is 11.3. The van der Waals surface area contributed by atoms with Gasteiger partial charge in [0.05, 0.1) is 5.75 Å². The van der Waals surface area contributed by atoms with Crippen LogP contribution in [0.1, 0.15) is 53.9 Å². The zero-order valence-corrected chi connectivity index (χ0v) is 10.3. The van der Waals surface area contributed by atoms with Crippen LogP contribution < -0.4 is 0 Å². The molecule has 0 heterocycles. The number of hydrogen-bond acceptors (Lipinski definition) is 2. The summed E-state index contributed by atoms with van der Waals surface area (Å²) in [4.78, 5) is 0. The van der Waals surface area contributed by atoms with Crippen molar-refractivity contribution in [2.24, 2.45) is 0 Å². The highest BCUT2D eigenvalue weighted by Crippen LogP contribution is 1.76. The SMILES string of the molecule is CCC.CCCC.CCS(=O)(=O)O. The fraction of sp³-hybridized carbons (Fsp3) is 1.00. The average Bonchev–Trinajstić information content (AvgIpc) is 2.05. The van der Waals surface area contributed by atoms with E-state index in [0.717, 1.165) is 0 Å². The average molecular weight is 212 g/mol. The van der Waals surface area contributed by atoms with Gasteiger partial charge >= 0.3 is 0 Å². The second kappa shape index (κ2) is 14.4. The van der Waals surface area contributed by atoms with Crippen molar-refractivity contribution in [2.75, 3.05) is 5.75 Å². The Morgan fingerprint density at radius 2 is 1.08 bits per heavy atom. The predicted octanol–water partition coefficient (Wildman–Crippen LogP) is 3.12. The van der Waals surface area contributed by atoms with Crippen molar-refractivity contribution in [2.45, 2.75) is 53.9 Å². The van der Waals surface area contributed by atoms with Crippen LogP contribution in [0.3, 0.4) is 0 Å². The molecule has 4 heteroatoms. The van der Waals surface area contributed by atoms with E-state index in [0.29, 0.717) is 0 Å². The Hall–Kier alpha value is -0.0900. The van der Waals surface area contributed by atoms with Crippen molar-refractivity contribution in [3.63, 3.8) is 0 Å². The van der Waals surface area contributed by atoms with Crippen LogP contribution in [0, 0.1) is 0 Å². The van der Waals surface area contributed by atoms with Crippen molar-refractivity contribution in [3.05, 3.63) is 0 Å². The third-order valence-electron chi connectivity index (χ3n) is 0.865. The van der Waals surface area contributed by atoms with Crippen LogP contribution in [0.15, 0.2) is 0 Å². The maximum Gasteiger partial charge on any atom is 0.264 e. The minimum absolute atomic E-state index is 0.201. The van der Waals surface area contributed by atoms with Gasteiger partial charge in [0.15, 0.2) is 0 Å². The molecular formula is C9H24O3S. The summed E-state index contributed by atoms with van der Waals surface area (Å²) >= 11 is 0. The van der Waals surface area contributed by atoms with Gasteiger partial charge in [0.25, 0.3) is 10.1 Å². The zero-order valence-electron chi connectivity index (χ0n) is 9.50. The summed E-state index contributed by atoms with van der Waals surface area (Å²) in [5.74, 6) is -0.201. The monoisotopic (exact) mass is 212 g/mol. The molecule has 0 saturated heterocycles. The number of hydrogen-bond donors (Lipinski definition) is 1. The van der Waals surface area contributed by atoms with Crippen molar-refractivity contribution in [1.29, 1.82) is 0 Å². The molecule has 84 valence electrons. The molecule has 0 aromatic heterocycles. The summed E-state index contributed by atoms with van der Waals surface area (Å²) in [7, 11) is -3.66. The summed E-state index contributed by atoms with van der Waals surface area (Å²) in [6.45, 7) is 9.98. The molecule has 13 heavy (non-hydrogen) atoms. The molecule has 0 radical (unpaired) electrons. The van der Waals surface area contributed by atoms with Gasteiger partial charge in [-0.05, 0) is 6.92 Å². The Bertz CT molecular complexity index is 148. The fourth-order valence-electron chi connectivity index (χ4n) is 0. The predicted molar refractivity (Wildman–Crippen MR) is 58.6 cm³/mol. The minimum atomic E-state index is -3.66. The first-order chi connectivity index (χ1) is 5.89. The van der Waals surface area contributed by atoms with E-state index in [1.54, 1.807) is 0 Å². The smallest absolute Gasteiger partial charge is 0.264 e. The molecule has 1 N–H and O–H groups in total. The molecule has 3 nitrogen and oxygen atoms in total. The van der Waals surface area contributed by atoms with E-state index in [4.69, 9.17) is 4.55 Å². The van der Waals surface area contributed by atoms with Crippen LogP contribution in [0.2, 0.25) is 0 Å². The van der Waals surface area contributed by atoms with Gasteiger partial charge in [0.1, 0.15) is 0 Å². The lowest BCUT2D eigenvalue weighted by molar-refractivity contribution is 0.484. The molecule has 0 atom stereocenters. The van der Waals surface area contributed by atoms with Gasteiger partial charge in [0, 0.05) is 0 Å². The second-order valence-corrected chi connectivity index (χ2v) is 4.32. The maximum atomic E-state index is 9.56. The lowest BCUT2D eigenvalue weighted by Gasteiger charge is -1.79. The first kappa shape index (κ1) is 18.6. The number of unbranched alkanes of at least 4 members (excludes halogenated alkanes) is 1. The van der Waals surface area contributed by atoms with Crippen molar-refractivity contribution < 1.29 is 13.0 Å². The van der Waals surface area contributed by atoms with Crippen molar-refractivity contribution >= 4 is 10.1 Å². The number of rotatable bonds is 2. The Morgan fingerprint density at radius 3 is 1.08 bits per heavy atom. The van der Waals surface area contributed by atoms with Gasteiger partial charge in [-0.3, -0.25) is 4.55 Å². The molecule has 0 aliphatic heterocycles.